The lowest BCUT2D eigenvalue weighted by Gasteiger charge is -2.26. The van der Waals surface area contributed by atoms with Gasteiger partial charge in [0.15, 0.2) is 0 Å². The fraction of sp³-hybridized carbons (Fsp3) is 0.333. The highest BCUT2D eigenvalue weighted by atomic mass is 16.3. The van der Waals surface area contributed by atoms with E-state index in [-0.39, 0.29) is 0 Å². The first-order valence-corrected chi connectivity index (χ1v) is 9.08. The summed E-state index contributed by atoms with van der Waals surface area (Å²) in [5, 5.41) is 19.7. The van der Waals surface area contributed by atoms with E-state index >= 15 is 0 Å². The zero-order chi connectivity index (χ0) is 17.9. The monoisotopic (exact) mass is 346 g/mol. The number of hydrogen-bond acceptors (Lipinski definition) is 4. The van der Waals surface area contributed by atoms with E-state index in [1.54, 1.807) is 6.07 Å². The van der Waals surface area contributed by atoms with Gasteiger partial charge in [0.1, 0.15) is 11.7 Å². The molecule has 1 aliphatic rings. The zero-order valence-electron chi connectivity index (χ0n) is 14.6. The number of nitriles is 1. The van der Waals surface area contributed by atoms with Gasteiger partial charge in [0, 0.05) is 18.8 Å². The van der Waals surface area contributed by atoms with Crippen molar-refractivity contribution in [2.75, 3.05) is 6.54 Å². The fourth-order valence-electron chi connectivity index (χ4n) is 3.86. The maximum absolute atomic E-state index is 10.6. The molecule has 2 unspecified atom stereocenters. The molecule has 1 saturated heterocycles. The van der Waals surface area contributed by atoms with Gasteiger partial charge in [-0.3, -0.25) is 4.90 Å². The van der Waals surface area contributed by atoms with Crippen LogP contribution in [0.5, 0.6) is 0 Å². The number of nitrogens with zero attached hydrogens (tertiary/aromatic N) is 4. The van der Waals surface area contributed by atoms with Crippen molar-refractivity contribution in [3.63, 3.8) is 0 Å². The number of aromatic nitrogens is 2. The van der Waals surface area contributed by atoms with Gasteiger partial charge in [0.2, 0.25) is 0 Å². The Morgan fingerprint density at radius 3 is 2.88 bits per heavy atom. The van der Waals surface area contributed by atoms with Crippen LogP contribution in [0.3, 0.4) is 0 Å². The van der Waals surface area contributed by atoms with E-state index < -0.39 is 6.10 Å². The SMILES string of the molecule is N#Cc1ccc2ncc(CN3CCCC3CC(O)c3ccccc3)n2c1. The van der Waals surface area contributed by atoms with Crippen molar-refractivity contribution in [2.24, 2.45) is 0 Å². The van der Waals surface area contributed by atoms with Crippen LogP contribution in [0.4, 0.5) is 0 Å². The first-order valence-electron chi connectivity index (χ1n) is 9.08. The summed E-state index contributed by atoms with van der Waals surface area (Å²) in [6, 6.07) is 16.1. The number of likely N-dealkylation sites (tertiary alicyclic amines) is 1. The van der Waals surface area contributed by atoms with Crippen molar-refractivity contribution in [1.29, 1.82) is 5.26 Å². The zero-order valence-corrected chi connectivity index (χ0v) is 14.6. The third-order valence-corrected chi connectivity index (χ3v) is 5.26. The summed E-state index contributed by atoms with van der Waals surface area (Å²) in [4.78, 5) is 6.87. The number of benzene rings is 1. The molecule has 2 aromatic heterocycles. The van der Waals surface area contributed by atoms with Crippen LogP contribution in [0.15, 0.2) is 54.9 Å². The van der Waals surface area contributed by atoms with Crippen LogP contribution in [0.2, 0.25) is 0 Å². The average molecular weight is 346 g/mol. The lowest BCUT2D eigenvalue weighted by Crippen LogP contribution is -2.30. The first-order chi connectivity index (χ1) is 12.7. The molecule has 0 amide bonds. The number of rotatable bonds is 5. The third-order valence-electron chi connectivity index (χ3n) is 5.26. The molecular formula is C21H22N4O. The summed E-state index contributed by atoms with van der Waals surface area (Å²) >= 11 is 0. The summed E-state index contributed by atoms with van der Waals surface area (Å²) in [6.45, 7) is 1.81. The van der Waals surface area contributed by atoms with Crippen molar-refractivity contribution < 1.29 is 5.11 Å². The molecule has 4 rings (SSSR count). The molecule has 1 aromatic carbocycles. The molecule has 1 fully saturated rings. The summed E-state index contributed by atoms with van der Waals surface area (Å²) in [7, 11) is 0. The quantitative estimate of drug-likeness (QED) is 0.770. The molecule has 0 spiro atoms. The second-order valence-electron chi connectivity index (χ2n) is 6.94. The van der Waals surface area contributed by atoms with E-state index in [4.69, 9.17) is 5.26 Å². The number of aliphatic hydroxyl groups excluding tert-OH is 1. The van der Waals surface area contributed by atoms with Crippen LogP contribution >= 0.6 is 0 Å². The normalized spacial score (nSPS) is 18.8. The smallest absolute Gasteiger partial charge is 0.137 e. The number of pyridine rings is 1. The lowest BCUT2D eigenvalue weighted by atomic mass is 10.0. The first kappa shape index (κ1) is 16.8. The molecule has 5 nitrogen and oxygen atoms in total. The van der Waals surface area contributed by atoms with Crippen LogP contribution < -0.4 is 0 Å². The van der Waals surface area contributed by atoms with Gasteiger partial charge in [-0.25, -0.2) is 4.98 Å². The molecule has 0 radical (unpaired) electrons. The topological polar surface area (TPSA) is 64.6 Å². The Labute approximate surface area is 153 Å². The molecule has 5 heteroatoms. The molecular weight excluding hydrogens is 324 g/mol. The standard InChI is InChI=1S/C21H22N4O/c22-12-16-8-9-21-23-13-19(25(21)14-16)15-24-10-4-7-18(24)11-20(26)17-5-2-1-3-6-17/h1-3,5-6,8-9,13-14,18,20,26H,4,7,10-11,15H2. The molecule has 1 N–H and O–H groups in total. The van der Waals surface area contributed by atoms with Crippen molar-refractivity contribution in [3.8, 4) is 6.07 Å². The molecule has 3 aromatic rings. The minimum atomic E-state index is -0.436. The second kappa shape index (κ2) is 7.28. The van der Waals surface area contributed by atoms with Crippen LogP contribution in [-0.2, 0) is 6.54 Å². The Hall–Kier alpha value is -2.68. The van der Waals surface area contributed by atoms with E-state index in [1.165, 1.54) is 0 Å². The second-order valence-corrected chi connectivity index (χ2v) is 6.94. The highest BCUT2D eigenvalue weighted by Crippen LogP contribution is 2.28. The molecule has 26 heavy (non-hydrogen) atoms. The molecule has 1 aliphatic heterocycles. The minimum absolute atomic E-state index is 0.356. The van der Waals surface area contributed by atoms with Crippen LogP contribution in [0.1, 0.15) is 42.2 Å². The third kappa shape index (κ3) is 3.34. The highest BCUT2D eigenvalue weighted by molar-refractivity contribution is 5.44. The van der Waals surface area contributed by atoms with Gasteiger partial charge >= 0.3 is 0 Å². The van der Waals surface area contributed by atoms with Gasteiger partial charge in [-0.2, -0.15) is 5.26 Å². The molecule has 0 bridgehead atoms. The molecule has 0 aliphatic carbocycles. The summed E-state index contributed by atoms with van der Waals surface area (Å²) in [5.41, 5.74) is 3.55. The largest absolute Gasteiger partial charge is 0.388 e. The Kier molecular flexibility index (Phi) is 4.70. The van der Waals surface area contributed by atoms with Gasteiger partial charge < -0.3 is 9.51 Å². The number of aliphatic hydroxyl groups is 1. The Morgan fingerprint density at radius 1 is 1.23 bits per heavy atom. The van der Waals surface area contributed by atoms with Gasteiger partial charge in [-0.1, -0.05) is 30.3 Å². The van der Waals surface area contributed by atoms with Gasteiger partial charge in [-0.15, -0.1) is 0 Å². The molecule has 2 atom stereocenters. The Bertz CT molecular complexity index is 928. The number of imidazole rings is 1. The van der Waals surface area contributed by atoms with Crippen molar-refractivity contribution >= 4 is 5.65 Å². The van der Waals surface area contributed by atoms with Crippen LogP contribution in [-0.4, -0.2) is 32.0 Å². The predicted molar refractivity (Wildman–Crippen MR) is 99.4 cm³/mol. The molecule has 0 saturated carbocycles. The average Bonchev–Trinajstić information content (AvgIpc) is 3.29. The summed E-state index contributed by atoms with van der Waals surface area (Å²) in [6.07, 6.45) is 6.29. The van der Waals surface area contributed by atoms with E-state index in [1.807, 2.05) is 53.2 Å². The van der Waals surface area contributed by atoms with Crippen molar-refractivity contribution in [2.45, 2.75) is 38.0 Å². The van der Waals surface area contributed by atoms with E-state index in [0.717, 1.165) is 49.3 Å². The van der Waals surface area contributed by atoms with E-state index in [0.29, 0.717) is 11.6 Å². The Balaban J connectivity index is 1.50. The van der Waals surface area contributed by atoms with Gasteiger partial charge in [0.25, 0.3) is 0 Å². The van der Waals surface area contributed by atoms with Crippen LogP contribution in [0, 0.1) is 11.3 Å². The maximum Gasteiger partial charge on any atom is 0.137 e. The summed E-state index contributed by atoms with van der Waals surface area (Å²) < 4.78 is 2.00. The number of hydrogen-bond donors (Lipinski definition) is 1. The number of fused-ring (bicyclic) bond motifs is 1. The predicted octanol–water partition coefficient (Wildman–Crippen LogP) is 3.29. The fourth-order valence-corrected chi connectivity index (χ4v) is 3.86. The molecule has 132 valence electrons. The maximum atomic E-state index is 10.6. The van der Waals surface area contributed by atoms with Crippen LogP contribution in [0.25, 0.3) is 5.65 Å². The van der Waals surface area contributed by atoms with Crippen molar-refractivity contribution in [1.82, 2.24) is 14.3 Å². The minimum Gasteiger partial charge on any atom is -0.388 e. The van der Waals surface area contributed by atoms with Crippen molar-refractivity contribution in [3.05, 3.63) is 71.7 Å². The lowest BCUT2D eigenvalue weighted by molar-refractivity contribution is 0.117. The highest BCUT2D eigenvalue weighted by Gasteiger charge is 2.27. The van der Waals surface area contributed by atoms with E-state index in [9.17, 15) is 5.11 Å². The molecule has 3 heterocycles. The van der Waals surface area contributed by atoms with Gasteiger partial charge in [-0.05, 0) is 43.5 Å². The van der Waals surface area contributed by atoms with E-state index in [2.05, 4.69) is 16.0 Å². The van der Waals surface area contributed by atoms with Gasteiger partial charge in [0.05, 0.1) is 23.6 Å². The Morgan fingerprint density at radius 2 is 2.08 bits per heavy atom. The summed E-state index contributed by atoms with van der Waals surface area (Å²) in [5.74, 6) is 0.